The minimum atomic E-state index is -0.352. The summed E-state index contributed by atoms with van der Waals surface area (Å²) >= 11 is 0. The molecule has 0 radical (unpaired) electrons. The fourth-order valence-electron chi connectivity index (χ4n) is 2.31. The van der Waals surface area contributed by atoms with Crippen LogP contribution in [0.2, 0.25) is 0 Å². The summed E-state index contributed by atoms with van der Waals surface area (Å²) in [5, 5.41) is 20.8. The van der Waals surface area contributed by atoms with Gasteiger partial charge in [-0.05, 0) is 31.4 Å². The molecule has 94 valence electrons. The van der Waals surface area contributed by atoms with E-state index in [0.717, 1.165) is 24.9 Å². The molecule has 1 saturated carbocycles. The Morgan fingerprint density at radius 3 is 2.72 bits per heavy atom. The van der Waals surface area contributed by atoms with Crippen LogP contribution in [0, 0.1) is 0 Å². The van der Waals surface area contributed by atoms with Gasteiger partial charge in [-0.25, -0.2) is 0 Å². The molecule has 0 saturated heterocycles. The molecule has 5 heteroatoms. The summed E-state index contributed by atoms with van der Waals surface area (Å²) in [6, 6.07) is 10.0. The van der Waals surface area contributed by atoms with Crippen molar-refractivity contribution >= 4 is 11.7 Å². The van der Waals surface area contributed by atoms with Crippen molar-refractivity contribution < 1.29 is 9.52 Å². The number of nitrogens with one attached hydrogen (secondary N) is 1. The second-order valence-corrected chi connectivity index (χ2v) is 4.54. The second-order valence-electron chi connectivity index (χ2n) is 4.54. The number of hydrogen-bond acceptors (Lipinski definition) is 5. The summed E-state index contributed by atoms with van der Waals surface area (Å²) in [5.41, 5.74) is 0.902. The average Bonchev–Trinajstić information content (AvgIpc) is 2.99. The maximum atomic E-state index is 9.79. The minimum absolute atomic E-state index is 0.0103. The second kappa shape index (κ2) is 4.78. The summed E-state index contributed by atoms with van der Waals surface area (Å²) in [5.74, 6) is 0.516. The summed E-state index contributed by atoms with van der Waals surface area (Å²) in [4.78, 5) is 0. The van der Waals surface area contributed by atoms with Crippen LogP contribution in [-0.4, -0.2) is 21.4 Å². The molecule has 18 heavy (non-hydrogen) atoms. The van der Waals surface area contributed by atoms with Gasteiger partial charge < -0.3 is 14.8 Å². The van der Waals surface area contributed by atoms with Gasteiger partial charge in [0.05, 0.1) is 12.0 Å². The van der Waals surface area contributed by atoms with Gasteiger partial charge >= 0.3 is 6.01 Å². The summed E-state index contributed by atoms with van der Waals surface area (Å²) in [6.07, 6.45) is 2.38. The number of para-hydroxylation sites is 1. The average molecular weight is 245 g/mol. The van der Waals surface area contributed by atoms with Crippen LogP contribution in [0.3, 0.4) is 0 Å². The highest BCUT2D eigenvalue weighted by Crippen LogP contribution is 2.34. The number of anilines is 2. The van der Waals surface area contributed by atoms with E-state index in [1.165, 1.54) is 0 Å². The number of nitrogens with zero attached hydrogens (tertiary/aromatic N) is 2. The summed E-state index contributed by atoms with van der Waals surface area (Å²) in [6.45, 7) is 0. The molecule has 1 aliphatic carbocycles. The van der Waals surface area contributed by atoms with Gasteiger partial charge in [0.25, 0.3) is 0 Å². The molecule has 0 unspecified atom stereocenters. The lowest BCUT2D eigenvalue weighted by Gasteiger charge is -2.08. The molecule has 0 aliphatic heterocycles. The van der Waals surface area contributed by atoms with Crippen molar-refractivity contribution in [2.45, 2.75) is 31.3 Å². The lowest BCUT2D eigenvalue weighted by Crippen LogP contribution is -2.11. The van der Waals surface area contributed by atoms with E-state index in [9.17, 15) is 5.11 Å². The number of aliphatic hydroxyl groups excluding tert-OH is 1. The normalized spacial score (nSPS) is 23.2. The van der Waals surface area contributed by atoms with Crippen LogP contribution in [0.5, 0.6) is 0 Å². The van der Waals surface area contributed by atoms with Crippen LogP contribution < -0.4 is 5.32 Å². The predicted molar refractivity (Wildman–Crippen MR) is 66.6 cm³/mol. The van der Waals surface area contributed by atoms with Crippen molar-refractivity contribution in [2.75, 3.05) is 5.32 Å². The molecule has 1 aromatic carbocycles. The lowest BCUT2D eigenvalue weighted by molar-refractivity contribution is 0.152. The predicted octanol–water partition coefficient (Wildman–Crippen LogP) is 2.44. The molecule has 5 nitrogen and oxygen atoms in total. The zero-order valence-electron chi connectivity index (χ0n) is 9.91. The maximum absolute atomic E-state index is 9.79. The van der Waals surface area contributed by atoms with E-state index in [1.807, 2.05) is 30.3 Å². The van der Waals surface area contributed by atoms with Gasteiger partial charge in [-0.15, -0.1) is 5.10 Å². The SMILES string of the molecule is O[C@@H]1CCC[C@@H]1c1nnc(Nc2ccccc2)o1. The fraction of sp³-hybridized carbons (Fsp3) is 0.385. The molecule has 1 fully saturated rings. The Balaban J connectivity index is 1.74. The Hall–Kier alpha value is -1.88. The molecular formula is C13H15N3O2. The van der Waals surface area contributed by atoms with Crippen molar-refractivity contribution in [1.82, 2.24) is 10.2 Å². The van der Waals surface area contributed by atoms with Crippen molar-refractivity contribution in [3.63, 3.8) is 0 Å². The van der Waals surface area contributed by atoms with E-state index >= 15 is 0 Å². The molecule has 1 aromatic heterocycles. The van der Waals surface area contributed by atoms with Crippen LogP contribution in [-0.2, 0) is 0 Å². The van der Waals surface area contributed by atoms with Gasteiger partial charge in [-0.1, -0.05) is 23.3 Å². The van der Waals surface area contributed by atoms with E-state index in [2.05, 4.69) is 15.5 Å². The Labute approximate surface area is 105 Å². The van der Waals surface area contributed by atoms with Crippen molar-refractivity contribution in [3.05, 3.63) is 36.2 Å². The summed E-state index contributed by atoms with van der Waals surface area (Å²) < 4.78 is 5.55. The first-order valence-corrected chi connectivity index (χ1v) is 6.16. The van der Waals surface area contributed by atoms with Gasteiger partial charge in [-0.2, -0.15) is 0 Å². The van der Waals surface area contributed by atoms with E-state index in [0.29, 0.717) is 11.9 Å². The molecule has 0 spiro atoms. The summed E-state index contributed by atoms with van der Waals surface area (Å²) in [7, 11) is 0. The van der Waals surface area contributed by atoms with E-state index in [-0.39, 0.29) is 12.0 Å². The topological polar surface area (TPSA) is 71.2 Å². The highest BCUT2D eigenvalue weighted by atomic mass is 16.4. The number of aliphatic hydroxyl groups is 1. The highest BCUT2D eigenvalue weighted by Gasteiger charge is 2.31. The first kappa shape index (κ1) is 11.2. The van der Waals surface area contributed by atoms with Crippen LogP contribution in [0.15, 0.2) is 34.7 Å². The van der Waals surface area contributed by atoms with E-state index in [1.54, 1.807) is 0 Å². The third kappa shape index (κ3) is 2.22. The smallest absolute Gasteiger partial charge is 0.320 e. The van der Waals surface area contributed by atoms with Gasteiger partial charge in [0.1, 0.15) is 0 Å². The Morgan fingerprint density at radius 1 is 1.17 bits per heavy atom. The molecule has 0 bridgehead atoms. The number of benzene rings is 1. The van der Waals surface area contributed by atoms with Crippen LogP contribution >= 0.6 is 0 Å². The first-order chi connectivity index (χ1) is 8.83. The van der Waals surface area contributed by atoms with Gasteiger partial charge in [0, 0.05) is 5.69 Å². The molecule has 2 atom stereocenters. The zero-order chi connectivity index (χ0) is 12.4. The molecule has 3 rings (SSSR count). The minimum Gasteiger partial charge on any atom is -0.407 e. The van der Waals surface area contributed by atoms with E-state index in [4.69, 9.17) is 4.42 Å². The molecule has 2 N–H and O–H groups in total. The molecule has 1 aliphatic rings. The van der Waals surface area contributed by atoms with Gasteiger partial charge in [-0.3, -0.25) is 0 Å². The zero-order valence-corrected chi connectivity index (χ0v) is 9.91. The number of aromatic nitrogens is 2. The number of hydrogen-bond donors (Lipinski definition) is 2. The van der Waals surface area contributed by atoms with Crippen LogP contribution in [0.25, 0.3) is 0 Å². The first-order valence-electron chi connectivity index (χ1n) is 6.16. The van der Waals surface area contributed by atoms with Gasteiger partial charge in [0.15, 0.2) is 0 Å². The quantitative estimate of drug-likeness (QED) is 0.869. The monoisotopic (exact) mass is 245 g/mol. The lowest BCUT2D eigenvalue weighted by atomic mass is 10.1. The van der Waals surface area contributed by atoms with Crippen LogP contribution in [0.1, 0.15) is 31.1 Å². The van der Waals surface area contributed by atoms with Crippen LogP contribution in [0.4, 0.5) is 11.7 Å². The maximum Gasteiger partial charge on any atom is 0.320 e. The van der Waals surface area contributed by atoms with Crippen molar-refractivity contribution in [2.24, 2.45) is 0 Å². The number of rotatable bonds is 3. The Kier molecular flexibility index (Phi) is 2.98. The largest absolute Gasteiger partial charge is 0.407 e. The van der Waals surface area contributed by atoms with Gasteiger partial charge in [0.2, 0.25) is 5.89 Å². The highest BCUT2D eigenvalue weighted by molar-refractivity contribution is 5.50. The molecule has 1 heterocycles. The molecule has 2 aromatic rings. The van der Waals surface area contributed by atoms with Crippen molar-refractivity contribution in [1.29, 1.82) is 0 Å². The third-order valence-corrected chi connectivity index (χ3v) is 3.26. The molecule has 0 amide bonds. The Bertz CT molecular complexity index is 512. The molecular weight excluding hydrogens is 230 g/mol. The van der Waals surface area contributed by atoms with E-state index < -0.39 is 0 Å². The Morgan fingerprint density at radius 2 is 2.00 bits per heavy atom. The standard InChI is InChI=1S/C13H15N3O2/c17-11-8-4-7-10(11)12-15-16-13(18-12)14-9-5-2-1-3-6-9/h1-3,5-6,10-11,17H,4,7-8H2,(H,14,16)/t10-,11+/m0/s1. The van der Waals surface area contributed by atoms with Crippen molar-refractivity contribution in [3.8, 4) is 0 Å². The fourth-order valence-corrected chi connectivity index (χ4v) is 2.31. The third-order valence-electron chi connectivity index (χ3n) is 3.26.